The van der Waals surface area contributed by atoms with Gasteiger partial charge in [-0.25, -0.2) is 0 Å². The first-order valence-corrected chi connectivity index (χ1v) is 9.21. The zero-order valence-corrected chi connectivity index (χ0v) is 16.1. The summed E-state index contributed by atoms with van der Waals surface area (Å²) in [6, 6.07) is 13.2. The van der Waals surface area contributed by atoms with Gasteiger partial charge in [0.15, 0.2) is 18.3 Å². The van der Waals surface area contributed by atoms with E-state index in [0.29, 0.717) is 11.3 Å². The van der Waals surface area contributed by atoms with Crippen LogP contribution in [0.1, 0.15) is 46.7 Å². The lowest BCUT2D eigenvalue weighted by molar-refractivity contribution is -0.178. The molecule has 0 radical (unpaired) electrons. The smallest absolute Gasteiger partial charge is 0.188 e. The van der Waals surface area contributed by atoms with Crippen LogP contribution < -0.4 is 9.62 Å². The van der Waals surface area contributed by atoms with Gasteiger partial charge in [-0.3, -0.25) is 4.79 Å². The predicted octanol–water partition coefficient (Wildman–Crippen LogP) is 4.68. The number of carbonyl (C=O) groups excluding carboxylic acids is 1. The van der Waals surface area contributed by atoms with Crippen LogP contribution in [0.2, 0.25) is 0 Å². The van der Waals surface area contributed by atoms with E-state index in [0.717, 1.165) is 36.1 Å². The fourth-order valence-electron chi connectivity index (χ4n) is 3.84. The number of hydrogen-bond acceptors (Lipinski definition) is 5. The number of methoxy groups -OCH3 is 1. The van der Waals surface area contributed by atoms with Gasteiger partial charge in [0.25, 0.3) is 0 Å². The van der Waals surface area contributed by atoms with Crippen molar-refractivity contribution in [1.29, 1.82) is 0 Å². The van der Waals surface area contributed by atoms with Crippen LogP contribution in [-0.4, -0.2) is 26.8 Å². The van der Waals surface area contributed by atoms with Crippen molar-refractivity contribution in [3.8, 4) is 11.5 Å². The summed E-state index contributed by atoms with van der Waals surface area (Å²) in [5.41, 5.74) is 2.96. The van der Waals surface area contributed by atoms with Gasteiger partial charge in [-0.15, -0.1) is 0 Å². The van der Waals surface area contributed by atoms with E-state index in [1.807, 2.05) is 12.1 Å². The van der Waals surface area contributed by atoms with Crippen molar-refractivity contribution in [1.82, 2.24) is 0 Å². The zero-order valence-electron chi connectivity index (χ0n) is 16.1. The Hall–Kier alpha value is -2.37. The highest BCUT2D eigenvalue weighted by Gasteiger charge is 2.36. The molecular formula is C22H26O5. The average molecular weight is 370 g/mol. The first-order valence-electron chi connectivity index (χ1n) is 9.21. The molecule has 0 N–H and O–H groups in total. The summed E-state index contributed by atoms with van der Waals surface area (Å²) in [6.07, 6.45) is 2.90. The largest absolute Gasteiger partial charge is 0.467 e. The standard InChI is InChI=1S/C22H26O5/c1-15-7-12-21(26-14-24-2)20(13-15)18-5-4-6-19(18)22(23)16-8-10-17(11-9-16)27-25-3/h7-13,18-19H,4-6,14H2,1-3H3/t18-,19?/m1/s1. The molecule has 0 bridgehead atoms. The van der Waals surface area contributed by atoms with E-state index in [1.54, 1.807) is 31.4 Å². The highest BCUT2D eigenvalue weighted by Crippen LogP contribution is 2.44. The number of ether oxygens (including phenoxy) is 2. The molecule has 144 valence electrons. The van der Waals surface area contributed by atoms with Crippen LogP contribution >= 0.6 is 0 Å². The molecule has 2 aromatic rings. The number of carbonyl (C=O) groups is 1. The molecule has 1 unspecified atom stereocenters. The van der Waals surface area contributed by atoms with Crippen molar-refractivity contribution in [2.24, 2.45) is 5.92 Å². The fourth-order valence-corrected chi connectivity index (χ4v) is 3.84. The summed E-state index contributed by atoms with van der Waals surface area (Å²) < 4.78 is 10.8. The molecule has 5 heteroatoms. The molecular weight excluding hydrogens is 344 g/mol. The monoisotopic (exact) mass is 370 g/mol. The number of aryl methyl sites for hydroxylation is 1. The number of rotatable bonds is 8. The third kappa shape index (κ3) is 4.49. The first-order chi connectivity index (χ1) is 13.1. The van der Waals surface area contributed by atoms with Crippen molar-refractivity contribution in [3.63, 3.8) is 0 Å². The maximum absolute atomic E-state index is 13.2. The van der Waals surface area contributed by atoms with E-state index >= 15 is 0 Å². The number of ketones is 1. The molecule has 0 amide bonds. The van der Waals surface area contributed by atoms with Crippen LogP contribution in [0.15, 0.2) is 42.5 Å². The van der Waals surface area contributed by atoms with Gasteiger partial charge in [0.1, 0.15) is 5.75 Å². The molecule has 1 aliphatic carbocycles. The minimum absolute atomic E-state index is 0.0501. The molecule has 3 rings (SSSR count). The summed E-state index contributed by atoms with van der Waals surface area (Å²) in [7, 11) is 3.06. The van der Waals surface area contributed by atoms with E-state index < -0.39 is 0 Å². The normalized spacial score (nSPS) is 19.1. The second-order valence-corrected chi connectivity index (χ2v) is 6.87. The average Bonchev–Trinajstić information content (AvgIpc) is 3.17. The highest BCUT2D eigenvalue weighted by molar-refractivity contribution is 5.98. The van der Waals surface area contributed by atoms with E-state index in [9.17, 15) is 4.79 Å². The van der Waals surface area contributed by atoms with Crippen LogP contribution in [0.4, 0.5) is 0 Å². The Kier molecular flexibility index (Phi) is 6.48. The zero-order chi connectivity index (χ0) is 19.2. The molecule has 0 aromatic heterocycles. The molecule has 2 aromatic carbocycles. The number of benzene rings is 2. The lowest BCUT2D eigenvalue weighted by Gasteiger charge is -2.22. The quantitative estimate of drug-likeness (QED) is 0.292. The number of hydrogen-bond donors (Lipinski definition) is 0. The SMILES string of the molecule is COCOc1ccc(C)cc1[C@@H]1CCCC1C(=O)c1ccc(OOC)cc1. The van der Waals surface area contributed by atoms with Gasteiger partial charge >= 0.3 is 0 Å². The van der Waals surface area contributed by atoms with E-state index in [4.69, 9.17) is 14.4 Å². The van der Waals surface area contributed by atoms with Crippen LogP contribution in [0.5, 0.6) is 11.5 Å². The lowest BCUT2D eigenvalue weighted by atomic mass is 9.83. The third-order valence-electron chi connectivity index (χ3n) is 5.07. The fraction of sp³-hybridized carbons (Fsp3) is 0.409. The highest BCUT2D eigenvalue weighted by atomic mass is 17.2. The first kappa shape index (κ1) is 19.4. The third-order valence-corrected chi connectivity index (χ3v) is 5.07. The molecule has 1 aliphatic rings. The van der Waals surface area contributed by atoms with Crippen LogP contribution in [0.25, 0.3) is 0 Å². The summed E-state index contributed by atoms with van der Waals surface area (Å²) in [4.78, 5) is 22.8. The molecule has 0 spiro atoms. The van der Waals surface area contributed by atoms with Crippen molar-refractivity contribution in [2.45, 2.75) is 32.1 Å². The molecule has 1 fully saturated rings. The van der Waals surface area contributed by atoms with Gasteiger partial charge in [-0.2, -0.15) is 4.89 Å². The Morgan fingerprint density at radius 2 is 1.85 bits per heavy atom. The van der Waals surface area contributed by atoms with Crippen LogP contribution in [-0.2, 0) is 9.62 Å². The second-order valence-electron chi connectivity index (χ2n) is 6.87. The Balaban J connectivity index is 1.84. The minimum atomic E-state index is -0.0501. The molecule has 0 heterocycles. The van der Waals surface area contributed by atoms with Crippen molar-refractivity contribution < 1.29 is 24.0 Å². The van der Waals surface area contributed by atoms with E-state index in [1.165, 1.54) is 7.11 Å². The topological polar surface area (TPSA) is 54.0 Å². The molecule has 2 atom stereocenters. The molecule has 0 aliphatic heterocycles. The van der Waals surface area contributed by atoms with Gasteiger partial charge in [0, 0.05) is 18.6 Å². The van der Waals surface area contributed by atoms with Gasteiger partial charge in [0.05, 0.1) is 7.11 Å². The number of Topliss-reactive ketones (excluding diaryl/α,β-unsaturated/α-hetero) is 1. The van der Waals surface area contributed by atoms with E-state index in [2.05, 4.69) is 17.9 Å². The Morgan fingerprint density at radius 1 is 1.07 bits per heavy atom. The van der Waals surface area contributed by atoms with Crippen molar-refractivity contribution in [3.05, 3.63) is 59.2 Å². The second kappa shape index (κ2) is 9.02. The van der Waals surface area contributed by atoms with E-state index in [-0.39, 0.29) is 24.4 Å². The van der Waals surface area contributed by atoms with Crippen LogP contribution in [0.3, 0.4) is 0 Å². The summed E-state index contributed by atoms with van der Waals surface area (Å²) in [5.74, 6) is 1.65. The van der Waals surface area contributed by atoms with Gasteiger partial charge in [-0.1, -0.05) is 24.1 Å². The van der Waals surface area contributed by atoms with Crippen molar-refractivity contribution in [2.75, 3.05) is 21.0 Å². The van der Waals surface area contributed by atoms with Gasteiger partial charge in [0.2, 0.25) is 0 Å². The van der Waals surface area contributed by atoms with Gasteiger partial charge in [-0.05, 0) is 61.6 Å². The maximum atomic E-state index is 13.2. The molecule has 5 nitrogen and oxygen atoms in total. The Labute approximate surface area is 160 Å². The maximum Gasteiger partial charge on any atom is 0.188 e. The summed E-state index contributed by atoms with van der Waals surface area (Å²) in [5, 5.41) is 0. The Bertz CT molecular complexity index is 769. The Morgan fingerprint density at radius 3 is 2.56 bits per heavy atom. The molecule has 1 saturated carbocycles. The predicted molar refractivity (Wildman–Crippen MR) is 102 cm³/mol. The lowest BCUT2D eigenvalue weighted by Crippen LogP contribution is -2.19. The van der Waals surface area contributed by atoms with Crippen LogP contribution in [0, 0.1) is 12.8 Å². The summed E-state index contributed by atoms with van der Waals surface area (Å²) in [6.45, 7) is 2.26. The minimum Gasteiger partial charge on any atom is -0.467 e. The molecule has 0 saturated heterocycles. The molecule has 27 heavy (non-hydrogen) atoms. The summed E-state index contributed by atoms with van der Waals surface area (Å²) >= 11 is 0. The van der Waals surface area contributed by atoms with Crippen molar-refractivity contribution >= 4 is 5.78 Å². The van der Waals surface area contributed by atoms with Gasteiger partial charge < -0.3 is 14.4 Å².